The number of benzene rings is 2. The number of carbonyl (C=O) groups is 1. The Morgan fingerprint density at radius 2 is 1.44 bits per heavy atom. The molecular weight excluding hydrogens is 316 g/mol. The molecule has 0 unspecified atom stereocenters. The first kappa shape index (κ1) is 18.6. The van der Waals surface area contributed by atoms with Crippen LogP contribution in [0.5, 0.6) is 11.5 Å². The van der Waals surface area contributed by atoms with Crippen LogP contribution in [0.1, 0.15) is 25.0 Å². The summed E-state index contributed by atoms with van der Waals surface area (Å²) in [6.07, 6.45) is 0.764. The second-order valence-corrected chi connectivity index (χ2v) is 6.33. The van der Waals surface area contributed by atoms with Crippen molar-refractivity contribution in [3.8, 4) is 11.5 Å². The van der Waals surface area contributed by atoms with Gasteiger partial charge in [0.15, 0.2) is 0 Å². The maximum atomic E-state index is 12.2. The fourth-order valence-corrected chi connectivity index (χ4v) is 2.52. The van der Waals surface area contributed by atoms with Crippen molar-refractivity contribution in [2.24, 2.45) is 0 Å². The lowest BCUT2D eigenvalue weighted by Gasteiger charge is -2.27. The third kappa shape index (κ3) is 5.41. The van der Waals surface area contributed by atoms with E-state index in [-0.39, 0.29) is 6.03 Å². The predicted molar refractivity (Wildman–Crippen MR) is 99.3 cm³/mol. The summed E-state index contributed by atoms with van der Waals surface area (Å²) in [6.45, 7) is 4.51. The van der Waals surface area contributed by atoms with Gasteiger partial charge in [-0.3, -0.25) is 0 Å². The van der Waals surface area contributed by atoms with Crippen molar-refractivity contribution in [2.75, 3.05) is 20.8 Å². The summed E-state index contributed by atoms with van der Waals surface area (Å²) in [4.78, 5) is 12.2. The summed E-state index contributed by atoms with van der Waals surface area (Å²) in [5.41, 5.74) is 1.69. The number of amides is 2. The largest absolute Gasteiger partial charge is 0.497 e. The molecule has 25 heavy (non-hydrogen) atoms. The minimum atomic E-state index is -0.476. The zero-order chi connectivity index (χ0) is 18.3. The molecule has 0 spiro atoms. The lowest BCUT2D eigenvalue weighted by atomic mass is 9.94. The number of rotatable bonds is 7. The first-order chi connectivity index (χ1) is 11.9. The predicted octanol–water partition coefficient (Wildman–Crippen LogP) is 3.48. The minimum Gasteiger partial charge on any atom is -0.497 e. The number of carbonyl (C=O) groups excluding carboxylic acids is 1. The number of hydrogen-bond acceptors (Lipinski definition) is 3. The molecule has 0 fully saturated rings. The second kappa shape index (κ2) is 8.42. The monoisotopic (exact) mass is 342 g/mol. The molecule has 0 aliphatic heterocycles. The van der Waals surface area contributed by atoms with Gasteiger partial charge in [-0.05, 0) is 55.7 Å². The normalized spacial score (nSPS) is 10.9. The van der Waals surface area contributed by atoms with Crippen LogP contribution in [0.15, 0.2) is 48.5 Å². The Kier molecular flexibility index (Phi) is 6.28. The standard InChI is InChI=1S/C20H26N2O3/c1-20(2,16-7-11-18(25-4)12-8-16)22-19(23)21-14-13-15-5-9-17(24-3)10-6-15/h5-12H,13-14H2,1-4H3,(H2,21,22,23). The van der Waals surface area contributed by atoms with Gasteiger partial charge in [-0.25, -0.2) is 4.79 Å². The first-order valence-electron chi connectivity index (χ1n) is 8.28. The Bertz CT molecular complexity index is 679. The average molecular weight is 342 g/mol. The summed E-state index contributed by atoms with van der Waals surface area (Å²) < 4.78 is 10.3. The van der Waals surface area contributed by atoms with Gasteiger partial charge in [0.25, 0.3) is 0 Å². The molecule has 0 heterocycles. The molecule has 0 aromatic heterocycles. The van der Waals surface area contributed by atoms with Crippen molar-refractivity contribution in [2.45, 2.75) is 25.8 Å². The molecular formula is C20H26N2O3. The van der Waals surface area contributed by atoms with Crippen LogP contribution in [0.4, 0.5) is 4.79 Å². The van der Waals surface area contributed by atoms with E-state index in [4.69, 9.17) is 9.47 Å². The smallest absolute Gasteiger partial charge is 0.315 e. The van der Waals surface area contributed by atoms with Crippen LogP contribution < -0.4 is 20.1 Å². The van der Waals surface area contributed by atoms with Crippen molar-refractivity contribution >= 4 is 6.03 Å². The Morgan fingerprint density at radius 1 is 0.920 bits per heavy atom. The van der Waals surface area contributed by atoms with Gasteiger partial charge < -0.3 is 20.1 Å². The van der Waals surface area contributed by atoms with Crippen LogP contribution >= 0.6 is 0 Å². The molecule has 2 aromatic carbocycles. The van der Waals surface area contributed by atoms with E-state index in [9.17, 15) is 4.79 Å². The quantitative estimate of drug-likeness (QED) is 0.810. The van der Waals surface area contributed by atoms with E-state index < -0.39 is 5.54 Å². The summed E-state index contributed by atoms with van der Waals surface area (Å²) in [6, 6.07) is 15.3. The van der Waals surface area contributed by atoms with Gasteiger partial charge in [0.1, 0.15) is 11.5 Å². The van der Waals surface area contributed by atoms with Crippen molar-refractivity contribution < 1.29 is 14.3 Å². The van der Waals surface area contributed by atoms with Gasteiger partial charge in [-0.1, -0.05) is 24.3 Å². The Labute approximate surface area is 149 Å². The number of hydrogen-bond donors (Lipinski definition) is 2. The van der Waals surface area contributed by atoms with E-state index in [0.717, 1.165) is 29.0 Å². The van der Waals surface area contributed by atoms with E-state index >= 15 is 0 Å². The van der Waals surface area contributed by atoms with E-state index in [1.165, 1.54) is 0 Å². The molecule has 0 saturated carbocycles. The number of urea groups is 1. The van der Waals surface area contributed by atoms with E-state index in [1.54, 1.807) is 14.2 Å². The van der Waals surface area contributed by atoms with E-state index in [0.29, 0.717) is 6.54 Å². The molecule has 0 bridgehead atoms. The fourth-order valence-electron chi connectivity index (χ4n) is 2.52. The summed E-state index contributed by atoms with van der Waals surface area (Å²) >= 11 is 0. The van der Waals surface area contributed by atoms with E-state index in [1.807, 2.05) is 62.4 Å². The number of methoxy groups -OCH3 is 2. The van der Waals surface area contributed by atoms with Crippen LogP contribution in [-0.2, 0) is 12.0 Å². The zero-order valence-electron chi connectivity index (χ0n) is 15.3. The first-order valence-corrected chi connectivity index (χ1v) is 8.28. The summed E-state index contributed by atoms with van der Waals surface area (Å²) in [5, 5.41) is 5.91. The van der Waals surface area contributed by atoms with Gasteiger partial charge in [0, 0.05) is 6.54 Å². The summed E-state index contributed by atoms with van der Waals surface area (Å²) in [5.74, 6) is 1.62. The molecule has 2 amide bonds. The lowest BCUT2D eigenvalue weighted by molar-refractivity contribution is 0.230. The van der Waals surface area contributed by atoms with Gasteiger partial charge in [-0.15, -0.1) is 0 Å². The third-order valence-electron chi connectivity index (χ3n) is 4.10. The molecule has 134 valence electrons. The molecule has 0 aliphatic rings. The van der Waals surface area contributed by atoms with Crippen LogP contribution in [0.2, 0.25) is 0 Å². The minimum absolute atomic E-state index is 0.186. The average Bonchev–Trinajstić information content (AvgIpc) is 2.62. The molecule has 2 aromatic rings. The van der Waals surface area contributed by atoms with Gasteiger partial charge in [-0.2, -0.15) is 0 Å². The molecule has 2 rings (SSSR count). The molecule has 5 heteroatoms. The maximum Gasteiger partial charge on any atom is 0.315 e. The highest BCUT2D eigenvalue weighted by Gasteiger charge is 2.22. The van der Waals surface area contributed by atoms with Crippen LogP contribution in [0, 0.1) is 0 Å². The highest BCUT2D eigenvalue weighted by atomic mass is 16.5. The molecule has 0 aliphatic carbocycles. The highest BCUT2D eigenvalue weighted by Crippen LogP contribution is 2.22. The van der Waals surface area contributed by atoms with Crippen molar-refractivity contribution in [1.82, 2.24) is 10.6 Å². The molecule has 0 saturated heterocycles. The highest BCUT2D eigenvalue weighted by molar-refractivity contribution is 5.75. The Balaban J connectivity index is 1.83. The van der Waals surface area contributed by atoms with Gasteiger partial charge in [0.2, 0.25) is 0 Å². The second-order valence-electron chi connectivity index (χ2n) is 6.33. The molecule has 2 N–H and O–H groups in total. The van der Waals surface area contributed by atoms with Gasteiger partial charge >= 0.3 is 6.03 Å². The van der Waals surface area contributed by atoms with E-state index in [2.05, 4.69) is 10.6 Å². The maximum absolute atomic E-state index is 12.2. The van der Waals surface area contributed by atoms with Crippen molar-refractivity contribution in [3.63, 3.8) is 0 Å². The molecule has 5 nitrogen and oxygen atoms in total. The topological polar surface area (TPSA) is 59.6 Å². The Morgan fingerprint density at radius 3 is 1.96 bits per heavy atom. The zero-order valence-corrected chi connectivity index (χ0v) is 15.3. The van der Waals surface area contributed by atoms with Crippen LogP contribution in [0.25, 0.3) is 0 Å². The van der Waals surface area contributed by atoms with Crippen LogP contribution in [0.3, 0.4) is 0 Å². The summed E-state index contributed by atoms with van der Waals surface area (Å²) in [7, 11) is 3.28. The third-order valence-corrected chi connectivity index (χ3v) is 4.10. The number of ether oxygens (including phenoxy) is 2. The number of nitrogens with one attached hydrogen (secondary N) is 2. The van der Waals surface area contributed by atoms with Crippen molar-refractivity contribution in [1.29, 1.82) is 0 Å². The van der Waals surface area contributed by atoms with Crippen LogP contribution in [-0.4, -0.2) is 26.8 Å². The van der Waals surface area contributed by atoms with Crippen molar-refractivity contribution in [3.05, 3.63) is 59.7 Å². The fraction of sp³-hybridized carbons (Fsp3) is 0.350. The SMILES string of the molecule is COc1ccc(CCNC(=O)NC(C)(C)c2ccc(OC)cc2)cc1. The lowest BCUT2D eigenvalue weighted by Crippen LogP contribution is -2.46. The molecule has 0 radical (unpaired) electrons. The van der Waals surface area contributed by atoms with Gasteiger partial charge in [0.05, 0.1) is 19.8 Å². The Hall–Kier alpha value is -2.69. The molecule has 0 atom stereocenters.